The van der Waals surface area contributed by atoms with Crippen LogP contribution < -0.4 is 0 Å². The second-order valence-corrected chi connectivity index (χ2v) is 4.67. The Morgan fingerprint density at radius 1 is 1.21 bits per heavy atom. The number of thiocarbonyl (C=S) groups is 1. The molecule has 14 heavy (non-hydrogen) atoms. The van der Waals surface area contributed by atoms with Crippen molar-refractivity contribution in [3.63, 3.8) is 0 Å². The number of isothiocyanates is 1. The highest BCUT2D eigenvalue weighted by molar-refractivity contribution is 7.78. The van der Waals surface area contributed by atoms with E-state index in [0.29, 0.717) is 0 Å². The molecule has 5 heteroatoms. The molecule has 0 atom stereocenters. The molecule has 0 saturated heterocycles. The van der Waals surface area contributed by atoms with Crippen LogP contribution in [0, 0.1) is 0 Å². The molecule has 81 valence electrons. The molecular formula is C9H18NO2SSi. The van der Waals surface area contributed by atoms with E-state index in [1.54, 1.807) is 0 Å². The van der Waals surface area contributed by atoms with Gasteiger partial charge < -0.3 is 8.85 Å². The number of hydrogen-bond acceptors (Lipinski definition) is 4. The lowest BCUT2D eigenvalue weighted by Gasteiger charge is -2.12. The van der Waals surface area contributed by atoms with Crippen molar-refractivity contribution in [2.24, 2.45) is 4.99 Å². The van der Waals surface area contributed by atoms with Gasteiger partial charge in [-0.15, -0.1) is 0 Å². The maximum atomic E-state index is 5.50. The predicted molar refractivity (Wildman–Crippen MR) is 62.9 cm³/mol. The van der Waals surface area contributed by atoms with Crippen LogP contribution in [0.5, 0.6) is 0 Å². The summed E-state index contributed by atoms with van der Waals surface area (Å²) < 4.78 is 11.0. The third-order valence-corrected chi connectivity index (χ3v) is 3.69. The van der Waals surface area contributed by atoms with Gasteiger partial charge in [0, 0.05) is 19.8 Å². The fourth-order valence-electron chi connectivity index (χ4n) is 1.01. The zero-order chi connectivity index (χ0) is 10.6. The van der Waals surface area contributed by atoms with Crippen molar-refractivity contribution in [2.75, 3.05) is 19.8 Å². The minimum absolute atomic E-state index is 0.742. The van der Waals surface area contributed by atoms with Crippen LogP contribution in [-0.2, 0) is 8.85 Å². The maximum Gasteiger partial charge on any atom is 0.384 e. The molecule has 0 saturated carbocycles. The first-order valence-electron chi connectivity index (χ1n) is 5.00. The standard InChI is InChI=1S/C9H18NO2SSi/c1-3-11-14(12-4-2)8-6-5-7-10-9-13/h3-8H2,1-2H3. The van der Waals surface area contributed by atoms with Crippen molar-refractivity contribution in [3.05, 3.63) is 0 Å². The van der Waals surface area contributed by atoms with Crippen LogP contribution in [-0.4, -0.2) is 34.2 Å². The highest BCUT2D eigenvalue weighted by Crippen LogP contribution is 2.04. The minimum atomic E-state index is -1.02. The molecule has 0 aromatic heterocycles. The quantitative estimate of drug-likeness (QED) is 0.265. The summed E-state index contributed by atoms with van der Waals surface area (Å²) in [5.41, 5.74) is 0. The molecule has 0 unspecified atom stereocenters. The van der Waals surface area contributed by atoms with Crippen LogP contribution in [0.25, 0.3) is 0 Å². The van der Waals surface area contributed by atoms with Gasteiger partial charge in [-0.3, -0.25) is 0 Å². The lowest BCUT2D eigenvalue weighted by atomic mass is 10.3. The Labute approximate surface area is 93.4 Å². The summed E-state index contributed by atoms with van der Waals surface area (Å²) >= 11 is 4.48. The van der Waals surface area contributed by atoms with Crippen LogP contribution >= 0.6 is 12.2 Å². The Kier molecular flexibility index (Phi) is 11.0. The number of aliphatic imine (C=N–C) groups is 1. The van der Waals surface area contributed by atoms with Gasteiger partial charge >= 0.3 is 9.28 Å². The number of unbranched alkanes of at least 4 members (excludes halogenated alkanes) is 1. The van der Waals surface area contributed by atoms with Gasteiger partial charge in [-0.25, -0.2) is 4.99 Å². The summed E-state index contributed by atoms with van der Waals surface area (Å²) in [6, 6.07) is 1.03. The van der Waals surface area contributed by atoms with Crippen molar-refractivity contribution >= 4 is 26.7 Å². The summed E-state index contributed by atoms with van der Waals surface area (Å²) in [5.74, 6) is 0. The highest BCUT2D eigenvalue weighted by Gasteiger charge is 2.13. The fraction of sp³-hybridized carbons (Fsp3) is 0.889. The molecule has 0 fully saturated rings. The molecule has 0 spiro atoms. The molecular weight excluding hydrogens is 214 g/mol. The zero-order valence-corrected chi connectivity index (χ0v) is 10.7. The Morgan fingerprint density at radius 2 is 1.86 bits per heavy atom. The number of nitrogens with zero attached hydrogens (tertiary/aromatic N) is 1. The SMILES string of the molecule is CCO[Si](CCCCN=C=S)OCC. The molecule has 0 aliphatic rings. The molecule has 1 radical (unpaired) electrons. The molecule has 0 rings (SSSR count). The topological polar surface area (TPSA) is 30.8 Å². The van der Waals surface area contributed by atoms with Crippen LogP contribution in [0.3, 0.4) is 0 Å². The van der Waals surface area contributed by atoms with E-state index in [1.165, 1.54) is 0 Å². The van der Waals surface area contributed by atoms with E-state index in [-0.39, 0.29) is 0 Å². The van der Waals surface area contributed by atoms with E-state index < -0.39 is 9.28 Å². The van der Waals surface area contributed by atoms with Crippen molar-refractivity contribution in [2.45, 2.75) is 32.7 Å². The van der Waals surface area contributed by atoms with Crippen LogP contribution in [0.15, 0.2) is 4.99 Å². The fourth-order valence-corrected chi connectivity index (χ4v) is 2.66. The third kappa shape index (κ3) is 8.53. The van der Waals surface area contributed by atoms with Gasteiger partial charge in [-0.2, -0.15) is 0 Å². The Bertz CT molecular complexity index is 168. The number of hydrogen-bond donors (Lipinski definition) is 0. The van der Waals surface area contributed by atoms with Crippen LogP contribution in [0.2, 0.25) is 6.04 Å². The first kappa shape index (κ1) is 13.9. The van der Waals surface area contributed by atoms with Gasteiger partial charge in [-0.1, -0.05) is 0 Å². The summed E-state index contributed by atoms with van der Waals surface area (Å²) in [5, 5.41) is 2.36. The van der Waals surface area contributed by atoms with Gasteiger partial charge in [0.05, 0.1) is 5.16 Å². The molecule has 0 aliphatic carbocycles. The molecule has 0 heterocycles. The monoisotopic (exact) mass is 232 g/mol. The largest absolute Gasteiger partial charge is 0.394 e. The first-order chi connectivity index (χ1) is 6.85. The second-order valence-electron chi connectivity index (χ2n) is 2.67. The Hall–Kier alpha value is -0.0631. The summed E-state index contributed by atoms with van der Waals surface area (Å²) in [6.07, 6.45) is 2.13. The molecule has 3 nitrogen and oxygen atoms in total. The summed E-state index contributed by atoms with van der Waals surface area (Å²) in [4.78, 5) is 3.86. The Morgan fingerprint density at radius 3 is 2.36 bits per heavy atom. The van der Waals surface area contributed by atoms with E-state index in [0.717, 1.165) is 38.6 Å². The van der Waals surface area contributed by atoms with Gasteiger partial charge in [0.15, 0.2) is 0 Å². The van der Waals surface area contributed by atoms with Crippen LogP contribution in [0.4, 0.5) is 0 Å². The van der Waals surface area contributed by atoms with E-state index in [2.05, 4.69) is 22.4 Å². The van der Waals surface area contributed by atoms with Gasteiger partial charge in [0.1, 0.15) is 0 Å². The molecule has 0 bridgehead atoms. The molecule has 0 aromatic carbocycles. The lowest BCUT2D eigenvalue weighted by Crippen LogP contribution is -2.22. The molecule has 0 N–H and O–H groups in total. The lowest BCUT2D eigenvalue weighted by molar-refractivity contribution is 0.212. The van der Waals surface area contributed by atoms with Crippen molar-refractivity contribution in [1.29, 1.82) is 0 Å². The smallest absolute Gasteiger partial charge is 0.384 e. The minimum Gasteiger partial charge on any atom is -0.394 e. The van der Waals surface area contributed by atoms with Crippen molar-refractivity contribution in [1.82, 2.24) is 0 Å². The van der Waals surface area contributed by atoms with E-state index in [9.17, 15) is 0 Å². The Balaban J connectivity index is 3.44. The molecule has 0 amide bonds. The normalized spacial score (nSPS) is 10.2. The average molecular weight is 232 g/mol. The van der Waals surface area contributed by atoms with Crippen LogP contribution in [0.1, 0.15) is 26.7 Å². The van der Waals surface area contributed by atoms with E-state index in [4.69, 9.17) is 8.85 Å². The third-order valence-electron chi connectivity index (χ3n) is 1.58. The second kappa shape index (κ2) is 11.0. The van der Waals surface area contributed by atoms with E-state index in [1.807, 2.05) is 13.8 Å². The maximum absolute atomic E-state index is 5.50. The van der Waals surface area contributed by atoms with Gasteiger partial charge in [0.2, 0.25) is 0 Å². The van der Waals surface area contributed by atoms with Crippen molar-refractivity contribution < 1.29 is 8.85 Å². The van der Waals surface area contributed by atoms with E-state index >= 15 is 0 Å². The summed E-state index contributed by atoms with van der Waals surface area (Å²) in [7, 11) is -1.02. The first-order valence-corrected chi connectivity index (χ1v) is 6.93. The predicted octanol–water partition coefficient (Wildman–Crippen LogP) is 2.43. The van der Waals surface area contributed by atoms with Gasteiger partial charge in [-0.05, 0) is 45.0 Å². The molecule has 0 aromatic rings. The number of rotatable bonds is 9. The zero-order valence-electron chi connectivity index (χ0n) is 8.91. The molecule has 0 aliphatic heterocycles. The van der Waals surface area contributed by atoms with Gasteiger partial charge in [0.25, 0.3) is 0 Å². The highest BCUT2D eigenvalue weighted by atomic mass is 32.1. The average Bonchev–Trinajstić information content (AvgIpc) is 2.18. The summed E-state index contributed by atoms with van der Waals surface area (Å²) in [6.45, 7) is 6.26. The van der Waals surface area contributed by atoms with Crippen molar-refractivity contribution in [3.8, 4) is 0 Å².